The summed E-state index contributed by atoms with van der Waals surface area (Å²) in [6, 6.07) is 12.3. The van der Waals surface area contributed by atoms with Crippen LogP contribution in [0, 0.1) is 21.4 Å². The number of amides is 1. The van der Waals surface area contributed by atoms with Gasteiger partial charge in [-0.05, 0) is 42.0 Å². The maximum Gasteiger partial charge on any atom is 0.288 e. The summed E-state index contributed by atoms with van der Waals surface area (Å²) >= 11 is 5.69. The summed E-state index contributed by atoms with van der Waals surface area (Å²) in [7, 11) is 0. The first-order chi connectivity index (χ1) is 12.0. The maximum atomic E-state index is 12.0. The number of nitro groups is 1. The molecule has 0 aliphatic rings. The van der Waals surface area contributed by atoms with Crippen LogP contribution in [0.15, 0.2) is 47.6 Å². The van der Waals surface area contributed by atoms with E-state index in [9.17, 15) is 14.9 Å². The van der Waals surface area contributed by atoms with Gasteiger partial charge in [-0.2, -0.15) is 10.4 Å². The molecule has 0 aromatic heterocycles. The molecule has 0 aliphatic carbocycles. The van der Waals surface area contributed by atoms with Crippen LogP contribution in [0.2, 0.25) is 5.02 Å². The smallest absolute Gasteiger partial charge is 0.288 e. The highest BCUT2D eigenvalue weighted by Gasteiger charge is 2.15. The largest absolute Gasteiger partial charge is 0.479 e. The molecule has 0 spiro atoms. The summed E-state index contributed by atoms with van der Waals surface area (Å²) in [4.78, 5) is 22.1. The van der Waals surface area contributed by atoms with Crippen LogP contribution in [0.4, 0.5) is 5.69 Å². The molecule has 2 rings (SSSR count). The summed E-state index contributed by atoms with van der Waals surface area (Å²) in [5.41, 5.74) is 2.67. The van der Waals surface area contributed by atoms with E-state index in [-0.39, 0.29) is 22.9 Å². The summed E-state index contributed by atoms with van der Waals surface area (Å²) in [6.07, 6.45) is 1.40. The van der Waals surface area contributed by atoms with Gasteiger partial charge in [0.15, 0.2) is 6.61 Å². The molecule has 8 nitrogen and oxygen atoms in total. The Labute approximate surface area is 147 Å². The number of ether oxygens (including phenoxy) is 1. The van der Waals surface area contributed by atoms with Gasteiger partial charge in [0.2, 0.25) is 0 Å². The number of carbonyl (C=O) groups excluding carboxylic acids is 1. The summed E-state index contributed by atoms with van der Waals surface area (Å²) in [6.45, 7) is -0.0449. The molecule has 9 heteroatoms. The number of halogens is 1. The molecule has 1 N–H and O–H groups in total. The van der Waals surface area contributed by atoms with Crippen LogP contribution < -0.4 is 10.2 Å². The van der Waals surface area contributed by atoms with Crippen molar-refractivity contribution >= 4 is 29.4 Å². The normalized spacial score (nSPS) is 10.2. The molecule has 0 unspecified atom stereocenters. The Balaban J connectivity index is 2.00. The van der Waals surface area contributed by atoms with E-state index in [1.54, 1.807) is 24.3 Å². The second kappa shape index (κ2) is 8.42. The molecule has 0 saturated heterocycles. The number of nitro benzene ring substituents is 1. The predicted octanol–water partition coefficient (Wildman–Crippen LogP) is 2.91. The van der Waals surface area contributed by atoms with Crippen LogP contribution in [0.5, 0.6) is 5.75 Å². The fourth-order valence-corrected chi connectivity index (χ4v) is 1.98. The van der Waals surface area contributed by atoms with Gasteiger partial charge in [-0.25, -0.2) is 5.43 Å². The number of benzene rings is 2. The van der Waals surface area contributed by atoms with E-state index in [0.717, 1.165) is 6.07 Å². The standard InChI is InChI=1S/C16H11ClN4O4/c17-14-6-3-12(9-15(14)21(23)24)16(22)20-19-10-11-1-4-13(5-2-11)25-8-7-18/h1-6,9-10H,8H2,(H,20,22)/b19-10-. The average Bonchev–Trinajstić information content (AvgIpc) is 2.61. The summed E-state index contributed by atoms with van der Waals surface area (Å²) < 4.78 is 5.11. The Bertz CT molecular complexity index is 859. The van der Waals surface area contributed by atoms with Gasteiger partial charge < -0.3 is 4.74 Å². The molecule has 25 heavy (non-hydrogen) atoms. The van der Waals surface area contributed by atoms with Gasteiger partial charge in [-0.15, -0.1) is 0 Å². The van der Waals surface area contributed by atoms with E-state index >= 15 is 0 Å². The maximum absolute atomic E-state index is 12.0. The molecular formula is C16H11ClN4O4. The van der Waals surface area contributed by atoms with Gasteiger partial charge in [0.1, 0.15) is 16.8 Å². The third kappa shape index (κ3) is 5.02. The van der Waals surface area contributed by atoms with Crippen molar-refractivity contribution in [2.24, 2.45) is 5.10 Å². The highest BCUT2D eigenvalue weighted by Crippen LogP contribution is 2.24. The highest BCUT2D eigenvalue weighted by molar-refractivity contribution is 6.32. The quantitative estimate of drug-likeness (QED) is 0.484. The van der Waals surface area contributed by atoms with E-state index in [0.29, 0.717) is 11.3 Å². The van der Waals surface area contributed by atoms with Crippen LogP contribution in [0.3, 0.4) is 0 Å². The van der Waals surface area contributed by atoms with Crippen molar-refractivity contribution in [3.8, 4) is 11.8 Å². The van der Waals surface area contributed by atoms with Crippen LogP contribution >= 0.6 is 11.6 Å². The Morgan fingerprint density at radius 1 is 1.36 bits per heavy atom. The fraction of sp³-hybridized carbons (Fsp3) is 0.0625. The number of nitrogens with zero attached hydrogens (tertiary/aromatic N) is 3. The Kier molecular flexibility index (Phi) is 6.03. The molecule has 0 atom stereocenters. The van der Waals surface area contributed by atoms with E-state index in [2.05, 4.69) is 10.5 Å². The van der Waals surface area contributed by atoms with Crippen molar-refractivity contribution in [2.45, 2.75) is 0 Å². The lowest BCUT2D eigenvalue weighted by Crippen LogP contribution is -2.17. The Hall–Kier alpha value is -3.44. The predicted molar refractivity (Wildman–Crippen MR) is 90.7 cm³/mol. The number of nitriles is 1. The van der Waals surface area contributed by atoms with Crippen molar-refractivity contribution in [1.29, 1.82) is 5.26 Å². The van der Waals surface area contributed by atoms with Gasteiger partial charge in [0.25, 0.3) is 11.6 Å². The molecule has 126 valence electrons. The van der Waals surface area contributed by atoms with Crippen molar-refractivity contribution < 1.29 is 14.5 Å². The lowest BCUT2D eigenvalue weighted by atomic mass is 10.2. The molecule has 0 saturated carbocycles. The third-order valence-corrected chi connectivity index (χ3v) is 3.29. The third-order valence-electron chi connectivity index (χ3n) is 2.97. The number of nitrogens with one attached hydrogen (secondary N) is 1. The van der Waals surface area contributed by atoms with Gasteiger partial charge in [0, 0.05) is 11.6 Å². The zero-order valence-corrected chi connectivity index (χ0v) is 13.4. The van der Waals surface area contributed by atoms with Crippen molar-refractivity contribution in [1.82, 2.24) is 5.43 Å². The fourth-order valence-electron chi connectivity index (χ4n) is 1.79. The van der Waals surface area contributed by atoms with Crippen molar-refractivity contribution in [3.63, 3.8) is 0 Å². The van der Waals surface area contributed by atoms with E-state index in [4.69, 9.17) is 21.6 Å². The van der Waals surface area contributed by atoms with E-state index in [1.165, 1.54) is 18.3 Å². The minimum atomic E-state index is -0.668. The molecule has 2 aromatic rings. The first kappa shape index (κ1) is 17.9. The molecule has 2 aromatic carbocycles. The molecule has 0 fully saturated rings. The monoisotopic (exact) mass is 358 g/mol. The first-order valence-electron chi connectivity index (χ1n) is 6.88. The van der Waals surface area contributed by atoms with Crippen LogP contribution in [-0.2, 0) is 0 Å². The molecule has 0 radical (unpaired) electrons. The van der Waals surface area contributed by atoms with Crippen LogP contribution in [0.25, 0.3) is 0 Å². The molecule has 1 amide bonds. The molecule has 0 aliphatic heterocycles. The molecule has 0 bridgehead atoms. The SMILES string of the molecule is N#CCOc1ccc(/C=N\NC(=O)c2ccc(Cl)c([N+](=O)[O-])c2)cc1. The number of hydrogen-bond acceptors (Lipinski definition) is 6. The van der Waals surface area contributed by atoms with E-state index in [1.807, 2.05) is 6.07 Å². The van der Waals surface area contributed by atoms with Gasteiger partial charge in [-0.1, -0.05) is 11.6 Å². The first-order valence-corrected chi connectivity index (χ1v) is 7.26. The van der Waals surface area contributed by atoms with Gasteiger partial charge >= 0.3 is 0 Å². The second-order valence-electron chi connectivity index (χ2n) is 4.64. The number of rotatable bonds is 6. The lowest BCUT2D eigenvalue weighted by molar-refractivity contribution is -0.384. The molecular weight excluding hydrogens is 348 g/mol. The van der Waals surface area contributed by atoms with Crippen LogP contribution in [-0.4, -0.2) is 23.7 Å². The Morgan fingerprint density at radius 3 is 2.72 bits per heavy atom. The number of carbonyl (C=O) groups is 1. The summed E-state index contributed by atoms with van der Waals surface area (Å²) in [5.74, 6) is -0.0683. The summed E-state index contributed by atoms with van der Waals surface area (Å²) in [5, 5.41) is 23.0. The second-order valence-corrected chi connectivity index (χ2v) is 5.05. The average molecular weight is 359 g/mol. The van der Waals surface area contributed by atoms with Gasteiger partial charge in [0.05, 0.1) is 11.1 Å². The molecule has 0 heterocycles. The Morgan fingerprint density at radius 2 is 2.08 bits per heavy atom. The zero-order valence-electron chi connectivity index (χ0n) is 12.7. The lowest BCUT2D eigenvalue weighted by Gasteiger charge is -2.02. The minimum Gasteiger partial charge on any atom is -0.479 e. The van der Waals surface area contributed by atoms with Crippen LogP contribution in [0.1, 0.15) is 15.9 Å². The van der Waals surface area contributed by atoms with Gasteiger partial charge in [-0.3, -0.25) is 14.9 Å². The van der Waals surface area contributed by atoms with Crippen molar-refractivity contribution in [3.05, 3.63) is 68.7 Å². The zero-order chi connectivity index (χ0) is 18.2. The van der Waals surface area contributed by atoms with Crippen molar-refractivity contribution in [2.75, 3.05) is 6.61 Å². The number of hydrogen-bond donors (Lipinski definition) is 1. The topological polar surface area (TPSA) is 118 Å². The van der Waals surface area contributed by atoms with E-state index < -0.39 is 10.8 Å². The minimum absolute atomic E-state index is 0.0449. The highest BCUT2D eigenvalue weighted by atomic mass is 35.5. The number of hydrazone groups is 1.